The molecule has 4 rings (SSSR count). The number of hydrogen-bond donors (Lipinski definition) is 2. The van der Waals surface area contributed by atoms with Gasteiger partial charge in [-0.05, 0) is 48.4 Å². The molecule has 7 nitrogen and oxygen atoms in total. The lowest BCUT2D eigenvalue weighted by Crippen LogP contribution is -2.27. The van der Waals surface area contributed by atoms with Crippen molar-refractivity contribution in [1.82, 2.24) is 15.1 Å². The summed E-state index contributed by atoms with van der Waals surface area (Å²) in [5, 5.41) is 15.4. The average Bonchev–Trinajstić information content (AvgIpc) is 3.44. The van der Waals surface area contributed by atoms with E-state index < -0.39 is 12.1 Å². The Bertz CT molecular complexity index is 864. The summed E-state index contributed by atoms with van der Waals surface area (Å²) in [6.45, 7) is 3.47. The monoisotopic (exact) mass is 441 g/mol. The van der Waals surface area contributed by atoms with Crippen molar-refractivity contribution in [2.45, 2.75) is 44.6 Å². The van der Waals surface area contributed by atoms with E-state index in [1.165, 1.54) is 24.0 Å². The van der Waals surface area contributed by atoms with Crippen LogP contribution in [0, 0.1) is 5.92 Å². The summed E-state index contributed by atoms with van der Waals surface area (Å²) in [5.74, 6) is -1.02. The first-order valence-electron chi connectivity index (χ1n) is 10.1. The van der Waals surface area contributed by atoms with Gasteiger partial charge < -0.3 is 19.9 Å². The molecule has 1 atom stereocenters. The minimum Gasteiger partial charge on any atom is -0.497 e. The number of alkyl halides is 3. The molecule has 0 saturated heterocycles. The summed E-state index contributed by atoms with van der Waals surface area (Å²) in [6.07, 6.45) is 0.899. The van der Waals surface area contributed by atoms with Gasteiger partial charge >= 0.3 is 12.1 Å². The van der Waals surface area contributed by atoms with Crippen molar-refractivity contribution >= 4 is 5.97 Å². The molecule has 2 aromatic rings. The molecule has 1 fully saturated rings. The molecule has 2 N–H and O–H groups in total. The van der Waals surface area contributed by atoms with Crippen LogP contribution in [0.2, 0.25) is 0 Å². The van der Waals surface area contributed by atoms with Crippen molar-refractivity contribution in [3.63, 3.8) is 0 Å². The largest absolute Gasteiger partial charge is 0.497 e. The number of fused-ring (bicyclic) bond motifs is 1. The summed E-state index contributed by atoms with van der Waals surface area (Å²) >= 11 is 0. The van der Waals surface area contributed by atoms with Crippen LogP contribution in [-0.2, 0) is 29.0 Å². The highest BCUT2D eigenvalue weighted by Gasteiger charge is 2.38. The highest BCUT2D eigenvalue weighted by Crippen LogP contribution is 2.32. The number of aliphatic carboxylic acids is 1. The van der Waals surface area contributed by atoms with E-state index in [0.29, 0.717) is 0 Å². The third-order valence-electron chi connectivity index (χ3n) is 5.07. The maximum atomic E-state index is 10.6. The van der Waals surface area contributed by atoms with Gasteiger partial charge in [0.15, 0.2) is 0 Å². The Labute approximate surface area is 178 Å². The second kappa shape index (κ2) is 10.1. The Morgan fingerprint density at radius 3 is 2.58 bits per heavy atom. The van der Waals surface area contributed by atoms with Crippen LogP contribution in [0.5, 0.6) is 5.75 Å². The van der Waals surface area contributed by atoms with Crippen LogP contribution in [0.1, 0.15) is 35.8 Å². The first-order valence-corrected chi connectivity index (χ1v) is 10.1. The molecule has 0 bridgehead atoms. The molecule has 1 aromatic heterocycles. The Morgan fingerprint density at radius 1 is 1.32 bits per heavy atom. The number of aromatic nitrogens is 2. The molecule has 0 amide bonds. The summed E-state index contributed by atoms with van der Waals surface area (Å²) in [7, 11) is 1.69. The molecule has 2 heterocycles. The number of carboxylic acids is 1. The zero-order valence-electron chi connectivity index (χ0n) is 17.2. The minimum absolute atomic E-state index is 0.0625. The molecule has 1 saturated carbocycles. The first-order chi connectivity index (χ1) is 14.8. The lowest BCUT2D eigenvalue weighted by atomic mass is 10.1. The molecule has 31 heavy (non-hydrogen) atoms. The summed E-state index contributed by atoms with van der Waals surface area (Å²) < 4.78 is 45.0. The predicted octanol–water partition coefficient (Wildman–Crippen LogP) is 3.34. The van der Waals surface area contributed by atoms with Crippen molar-refractivity contribution in [3.05, 3.63) is 47.3 Å². The van der Waals surface area contributed by atoms with Crippen LogP contribution >= 0.6 is 0 Å². The molecule has 10 heteroatoms. The molecule has 170 valence electrons. The molecule has 1 aromatic carbocycles. The number of carboxylic acid groups (broad SMARTS) is 1. The smallest absolute Gasteiger partial charge is 0.490 e. The molecule has 1 unspecified atom stereocenters. The van der Waals surface area contributed by atoms with Gasteiger partial charge in [0.05, 0.1) is 19.4 Å². The molecule has 0 radical (unpaired) electrons. The van der Waals surface area contributed by atoms with E-state index in [-0.39, 0.29) is 6.10 Å². The minimum atomic E-state index is -5.08. The van der Waals surface area contributed by atoms with Crippen LogP contribution < -0.4 is 10.1 Å². The molecule has 1 aliphatic heterocycles. The molecule has 0 spiro atoms. The number of halogens is 3. The van der Waals surface area contributed by atoms with Gasteiger partial charge in [-0.1, -0.05) is 12.1 Å². The van der Waals surface area contributed by atoms with Crippen molar-refractivity contribution in [1.29, 1.82) is 0 Å². The number of rotatable bonds is 7. The number of methoxy groups -OCH3 is 1. The third kappa shape index (κ3) is 6.96. The van der Waals surface area contributed by atoms with Gasteiger partial charge in [0.1, 0.15) is 11.9 Å². The highest BCUT2D eigenvalue weighted by atomic mass is 19.4. The van der Waals surface area contributed by atoms with Crippen molar-refractivity contribution in [3.8, 4) is 5.75 Å². The lowest BCUT2D eigenvalue weighted by Gasteiger charge is -2.22. The van der Waals surface area contributed by atoms with Gasteiger partial charge in [0.25, 0.3) is 0 Å². The van der Waals surface area contributed by atoms with Crippen molar-refractivity contribution < 1.29 is 32.5 Å². The topological polar surface area (TPSA) is 85.6 Å². The SMILES string of the molecule is COc1ccc(CNCC2OCCc3cn(CC4CC4)nc32)cc1.O=C(O)C(F)(F)F. The van der Waals surface area contributed by atoms with E-state index in [1.54, 1.807) is 7.11 Å². The fourth-order valence-electron chi connectivity index (χ4n) is 3.24. The van der Waals surface area contributed by atoms with Gasteiger partial charge in [0, 0.05) is 25.8 Å². The zero-order chi connectivity index (χ0) is 22.4. The normalized spacial score (nSPS) is 18.0. The van der Waals surface area contributed by atoms with E-state index in [1.807, 2.05) is 12.1 Å². The van der Waals surface area contributed by atoms with Gasteiger partial charge in [-0.2, -0.15) is 18.3 Å². The summed E-state index contributed by atoms with van der Waals surface area (Å²) in [6, 6.07) is 8.16. The van der Waals surface area contributed by atoms with E-state index in [4.69, 9.17) is 24.5 Å². The Balaban J connectivity index is 0.000000339. The van der Waals surface area contributed by atoms with Gasteiger partial charge in [-0.3, -0.25) is 4.68 Å². The second-order valence-corrected chi connectivity index (χ2v) is 7.60. The number of ether oxygens (including phenoxy) is 2. The van der Waals surface area contributed by atoms with Crippen LogP contribution in [0.15, 0.2) is 30.5 Å². The van der Waals surface area contributed by atoms with Crippen LogP contribution in [0.25, 0.3) is 0 Å². The predicted molar refractivity (Wildman–Crippen MR) is 106 cm³/mol. The Kier molecular flexibility index (Phi) is 7.55. The molecular weight excluding hydrogens is 415 g/mol. The van der Waals surface area contributed by atoms with Gasteiger partial charge in [-0.25, -0.2) is 4.79 Å². The number of carbonyl (C=O) groups is 1. The fourth-order valence-corrected chi connectivity index (χ4v) is 3.24. The van der Waals surface area contributed by atoms with E-state index >= 15 is 0 Å². The van der Waals surface area contributed by atoms with E-state index in [2.05, 4.69) is 28.3 Å². The van der Waals surface area contributed by atoms with Crippen molar-refractivity contribution in [2.75, 3.05) is 20.3 Å². The van der Waals surface area contributed by atoms with Crippen LogP contribution in [0.3, 0.4) is 0 Å². The number of benzene rings is 1. The second-order valence-electron chi connectivity index (χ2n) is 7.60. The zero-order valence-corrected chi connectivity index (χ0v) is 17.2. The Morgan fingerprint density at radius 2 is 2.00 bits per heavy atom. The number of nitrogens with one attached hydrogen (secondary N) is 1. The molecule has 1 aliphatic carbocycles. The molecular formula is C21H26F3N3O4. The number of hydrogen-bond acceptors (Lipinski definition) is 5. The maximum Gasteiger partial charge on any atom is 0.490 e. The van der Waals surface area contributed by atoms with Crippen LogP contribution in [-0.4, -0.2) is 47.3 Å². The number of nitrogens with zero attached hydrogens (tertiary/aromatic N) is 2. The first kappa shape index (κ1) is 23.1. The summed E-state index contributed by atoms with van der Waals surface area (Å²) in [4.78, 5) is 8.90. The van der Waals surface area contributed by atoms with Crippen LogP contribution in [0.4, 0.5) is 13.2 Å². The molecule has 2 aliphatic rings. The maximum absolute atomic E-state index is 10.6. The quantitative estimate of drug-likeness (QED) is 0.686. The standard InChI is InChI=1S/C19H25N3O2.C2HF3O2/c1-23-17-6-4-14(5-7-17)10-20-11-18-19-16(8-9-24-18)13-22(21-19)12-15-2-3-15;3-2(4,5)1(6)7/h4-7,13,15,18,20H,2-3,8-12H2,1H3;(H,6,7). The fraction of sp³-hybridized carbons (Fsp3) is 0.524. The van der Waals surface area contributed by atoms with E-state index in [9.17, 15) is 13.2 Å². The van der Waals surface area contributed by atoms with Crippen molar-refractivity contribution in [2.24, 2.45) is 5.92 Å². The van der Waals surface area contributed by atoms with Gasteiger partial charge in [-0.15, -0.1) is 0 Å². The third-order valence-corrected chi connectivity index (χ3v) is 5.07. The van der Waals surface area contributed by atoms with Gasteiger partial charge in [0.2, 0.25) is 0 Å². The van der Waals surface area contributed by atoms with E-state index in [0.717, 1.165) is 50.0 Å². The lowest BCUT2D eigenvalue weighted by molar-refractivity contribution is -0.192. The summed E-state index contributed by atoms with van der Waals surface area (Å²) in [5.41, 5.74) is 3.73. The Hall–Kier alpha value is -2.59. The average molecular weight is 441 g/mol. The highest BCUT2D eigenvalue weighted by molar-refractivity contribution is 5.73.